The number of carbonyl (C=O) groups excluding carboxylic acids is 1. The highest BCUT2D eigenvalue weighted by atomic mass is 32.1. The van der Waals surface area contributed by atoms with Gasteiger partial charge in [0.1, 0.15) is 10.7 Å². The summed E-state index contributed by atoms with van der Waals surface area (Å²) in [6.45, 7) is 4.28. The predicted octanol–water partition coefficient (Wildman–Crippen LogP) is 1.79. The van der Waals surface area contributed by atoms with Crippen molar-refractivity contribution in [1.29, 1.82) is 0 Å². The molecule has 1 amide bonds. The first-order chi connectivity index (χ1) is 14.7. The smallest absolute Gasteiger partial charge is 0.259 e. The maximum atomic E-state index is 12.7. The van der Waals surface area contributed by atoms with Gasteiger partial charge >= 0.3 is 0 Å². The summed E-state index contributed by atoms with van der Waals surface area (Å²) in [6.07, 6.45) is 10.3. The molecule has 2 aliphatic rings. The van der Waals surface area contributed by atoms with Crippen molar-refractivity contribution in [3.63, 3.8) is 0 Å². The zero-order valence-corrected chi connectivity index (χ0v) is 17.8. The molecule has 9 heteroatoms. The Morgan fingerprint density at radius 3 is 2.80 bits per heavy atom. The summed E-state index contributed by atoms with van der Waals surface area (Å²) >= 11 is 1.69. The largest absolute Gasteiger partial charge is 0.340 e. The van der Waals surface area contributed by atoms with Crippen molar-refractivity contribution in [2.45, 2.75) is 45.2 Å². The number of imidazole rings is 1. The molecule has 1 saturated heterocycles. The summed E-state index contributed by atoms with van der Waals surface area (Å²) in [5.41, 5.74) is 1.23. The van der Waals surface area contributed by atoms with Crippen molar-refractivity contribution < 1.29 is 4.79 Å². The van der Waals surface area contributed by atoms with Gasteiger partial charge in [-0.3, -0.25) is 14.5 Å². The Morgan fingerprint density at radius 2 is 2.00 bits per heavy atom. The highest BCUT2D eigenvalue weighted by Gasteiger charge is 2.23. The van der Waals surface area contributed by atoms with E-state index in [9.17, 15) is 9.59 Å². The minimum Gasteiger partial charge on any atom is -0.340 e. The van der Waals surface area contributed by atoms with Gasteiger partial charge in [0.05, 0.1) is 18.3 Å². The molecule has 158 valence electrons. The molecule has 0 saturated carbocycles. The first-order valence-electron chi connectivity index (χ1n) is 10.7. The SMILES string of the molecule is O=C(CCn1ccnc1)N1CCN(Cc2nc3sc4c(c3c(=O)[nH]2)CCCC4)CC1. The van der Waals surface area contributed by atoms with Gasteiger partial charge in [-0.15, -0.1) is 11.3 Å². The molecule has 8 nitrogen and oxygen atoms in total. The van der Waals surface area contributed by atoms with Crippen molar-refractivity contribution in [3.05, 3.63) is 45.3 Å². The zero-order chi connectivity index (χ0) is 20.5. The molecule has 0 aromatic carbocycles. The van der Waals surface area contributed by atoms with Crippen LogP contribution in [0.5, 0.6) is 0 Å². The van der Waals surface area contributed by atoms with E-state index in [0.29, 0.717) is 32.6 Å². The number of thiophene rings is 1. The van der Waals surface area contributed by atoms with E-state index in [1.807, 2.05) is 15.7 Å². The van der Waals surface area contributed by atoms with E-state index in [0.717, 1.165) is 48.4 Å². The Balaban J connectivity index is 1.20. The number of aromatic amines is 1. The quantitative estimate of drug-likeness (QED) is 0.672. The van der Waals surface area contributed by atoms with Crippen LogP contribution in [0, 0.1) is 0 Å². The van der Waals surface area contributed by atoms with Gasteiger partial charge < -0.3 is 14.5 Å². The van der Waals surface area contributed by atoms with Gasteiger partial charge in [0.15, 0.2) is 0 Å². The lowest BCUT2D eigenvalue weighted by Crippen LogP contribution is -2.48. The van der Waals surface area contributed by atoms with E-state index in [1.165, 1.54) is 16.9 Å². The van der Waals surface area contributed by atoms with Gasteiger partial charge in [0.25, 0.3) is 5.56 Å². The van der Waals surface area contributed by atoms with E-state index >= 15 is 0 Å². The zero-order valence-electron chi connectivity index (χ0n) is 17.0. The van der Waals surface area contributed by atoms with E-state index in [1.54, 1.807) is 23.9 Å². The van der Waals surface area contributed by atoms with Crippen LogP contribution in [0.25, 0.3) is 10.2 Å². The molecule has 3 aromatic rings. The monoisotopic (exact) mass is 426 g/mol. The second-order valence-corrected chi connectivity index (χ2v) is 9.19. The molecule has 3 aromatic heterocycles. The molecular formula is C21H26N6O2S. The predicted molar refractivity (Wildman–Crippen MR) is 116 cm³/mol. The molecule has 1 aliphatic heterocycles. The number of hydrogen-bond donors (Lipinski definition) is 1. The van der Waals surface area contributed by atoms with Crippen molar-refractivity contribution in [2.24, 2.45) is 0 Å². The Kier molecular flexibility index (Phi) is 5.39. The number of aryl methyl sites for hydroxylation is 3. The summed E-state index contributed by atoms with van der Waals surface area (Å²) in [4.78, 5) is 43.4. The molecule has 0 unspecified atom stereocenters. The average molecular weight is 427 g/mol. The van der Waals surface area contributed by atoms with Gasteiger partial charge in [-0.05, 0) is 31.2 Å². The summed E-state index contributed by atoms with van der Waals surface area (Å²) < 4.78 is 1.93. The van der Waals surface area contributed by atoms with E-state index < -0.39 is 0 Å². The van der Waals surface area contributed by atoms with Gasteiger partial charge in [-0.1, -0.05) is 0 Å². The number of aromatic nitrogens is 4. The fourth-order valence-electron chi connectivity index (χ4n) is 4.45. The standard InChI is InChI=1S/C21H26N6O2S/c28-18(5-7-26-8-6-22-14-26)27-11-9-25(10-12-27)13-17-23-20(29)19-15-3-1-2-4-16(15)30-21(19)24-17/h6,8,14H,1-5,7,9-13H2,(H,23,24,29). The molecule has 5 rings (SSSR count). The summed E-state index contributed by atoms with van der Waals surface area (Å²) in [6, 6.07) is 0. The molecule has 0 bridgehead atoms. The van der Waals surface area contributed by atoms with Gasteiger partial charge in [-0.25, -0.2) is 9.97 Å². The fourth-order valence-corrected chi connectivity index (χ4v) is 5.73. The first-order valence-corrected chi connectivity index (χ1v) is 11.5. The van der Waals surface area contributed by atoms with Gasteiger partial charge in [0.2, 0.25) is 5.91 Å². The van der Waals surface area contributed by atoms with Crippen LogP contribution in [0.4, 0.5) is 0 Å². The lowest BCUT2D eigenvalue weighted by Gasteiger charge is -2.34. The number of carbonyl (C=O) groups is 1. The maximum absolute atomic E-state index is 12.7. The highest BCUT2D eigenvalue weighted by Crippen LogP contribution is 2.33. The van der Waals surface area contributed by atoms with Crippen LogP contribution < -0.4 is 5.56 Å². The summed E-state index contributed by atoms with van der Waals surface area (Å²) in [5.74, 6) is 0.909. The van der Waals surface area contributed by atoms with E-state index in [-0.39, 0.29) is 11.5 Å². The van der Waals surface area contributed by atoms with Crippen molar-refractivity contribution in [3.8, 4) is 0 Å². The molecule has 0 spiro atoms. The highest BCUT2D eigenvalue weighted by molar-refractivity contribution is 7.18. The van der Waals surface area contributed by atoms with E-state index in [2.05, 4.69) is 14.9 Å². The van der Waals surface area contributed by atoms with Gasteiger partial charge in [0, 0.05) is 56.4 Å². The number of amides is 1. The molecule has 30 heavy (non-hydrogen) atoms. The van der Waals surface area contributed by atoms with Crippen LogP contribution in [0.15, 0.2) is 23.5 Å². The summed E-state index contributed by atoms with van der Waals surface area (Å²) in [5, 5.41) is 0.812. The topological polar surface area (TPSA) is 87.1 Å². The molecule has 1 aliphatic carbocycles. The van der Waals surface area contributed by atoms with Crippen LogP contribution in [0.1, 0.15) is 35.5 Å². The van der Waals surface area contributed by atoms with Crippen molar-refractivity contribution >= 4 is 27.5 Å². The minimum atomic E-state index is 0.00251. The Labute approximate surface area is 178 Å². The van der Waals surface area contributed by atoms with Crippen LogP contribution >= 0.6 is 11.3 Å². The van der Waals surface area contributed by atoms with Crippen molar-refractivity contribution in [1.82, 2.24) is 29.3 Å². The lowest BCUT2D eigenvalue weighted by molar-refractivity contribution is -0.133. The Morgan fingerprint density at radius 1 is 1.17 bits per heavy atom. The van der Waals surface area contributed by atoms with Crippen LogP contribution in [0.2, 0.25) is 0 Å². The lowest BCUT2D eigenvalue weighted by atomic mass is 9.97. The Hall–Kier alpha value is -2.52. The van der Waals surface area contributed by atoms with Crippen molar-refractivity contribution in [2.75, 3.05) is 26.2 Å². The second kappa shape index (κ2) is 8.31. The third kappa shape index (κ3) is 3.91. The van der Waals surface area contributed by atoms with Crippen LogP contribution in [-0.4, -0.2) is 61.4 Å². The second-order valence-electron chi connectivity index (χ2n) is 8.11. The molecule has 1 fully saturated rings. The normalized spacial score (nSPS) is 17.4. The molecular weight excluding hydrogens is 400 g/mol. The van der Waals surface area contributed by atoms with Crippen LogP contribution in [0.3, 0.4) is 0 Å². The molecule has 1 N–H and O–H groups in total. The number of fused-ring (bicyclic) bond motifs is 3. The number of piperazine rings is 1. The maximum Gasteiger partial charge on any atom is 0.259 e. The molecule has 4 heterocycles. The number of hydrogen-bond acceptors (Lipinski definition) is 6. The van der Waals surface area contributed by atoms with E-state index in [4.69, 9.17) is 4.98 Å². The van der Waals surface area contributed by atoms with Gasteiger partial charge in [-0.2, -0.15) is 0 Å². The number of nitrogens with one attached hydrogen (secondary N) is 1. The Bertz CT molecular complexity index is 1090. The summed E-state index contributed by atoms with van der Waals surface area (Å²) in [7, 11) is 0. The molecule has 0 atom stereocenters. The third-order valence-electron chi connectivity index (χ3n) is 6.12. The fraction of sp³-hybridized carbons (Fsp3) is 0.524. The minimum absolute atomic E-state index is 0.00251. The number of H-pyrrole nitrogens is 1. The average Bonchev–Trinajstić information content (AvgIpc) is 3.40. The number of rotatable bonds is 5. The first kappa shape index (κ1) is 19.4. The third-order valence-corrected chi connectivity index (χ3v) is 7.30. The van der Waals surface area contributed by atoms with Crippen LogP contribution in [-0.2, 0) is 30.7 Å². The number of nitrogens with zero attached hydrogens (tertiary/aromatic N) is 5. The molecule has 0 radical (unpaired) electrons.